The highest BCUT2D eigenvalue weighted by atomic mass is 127. The van der Waals surface area contributed by atoms with Gasteiger partial charge in [-0.2, -0.15) is 0 Å². The van der Waals surface area contributed by atoms with Crippen LogP contribution in [0.25, 0.3) is 0 Å². The van der Waals surface area contributed by atoms with Crippen molar-refractivity contribution in [1.29, 1.82) is 0 Å². The molecule has 0 aliphatic heterocycles. The molecule has 0 aromatic heterocycles. The number of carbonyl (C=O) groups is 1. The lowest BCUT2D eigenvalue weighted by Gasteiger charge is -2.05. The summed E-state index contributed by atoms with van der Waals surface area (Å²) in [6, 6.07) is 0. The Hall–Kier alpha value is 0.200. The van der Waals surface area contributed by atoms with E-state index in [9.17, 15) is 4.79 Å². The highest BCUT2D eigenvalue weighted by Gasteiger charge is 1.92. The maximum atomic E-state index is 10.0. The summed E-state index contributed by atoms with van der Waals surface area (Å²) < 4.78 is 1.65. The SMILES string of the molecule is CCCCCN(I)C=O. The van der Waals surface area contributed by atoms with E-state index in [0.717, 1.165) is 19.4 Å². The lowest BCUT2D eigenvalue weighted by atomic mass is 10.2. The molecule has 54 valence electrons. The molecule has 3 heteroatoms. The van der Waals surface area contributed by atoms with Gasteiger partial charge in [-0.15, -0.1) is 0 Å². The van der Waals surface area contributed by atoms with E-state index in [1.807, 2.05) is 22.9 Å². The third-order valence-corrected chi connectivity index (χ3v) is 1.80. The van der Waals surface area contributed by atoms with Gasteiger partial charge < -0.3 is 0 Å². The third kappa shape index (κ3) is 6.08. The van der Waals surface area contributed by atoms with Gasteiger partial charge in [0.25, 0.3) is 0 Å². The van der Waals surface area contributed by atoms with Crippen molar-refractivity contribution in [3.63, 3.8) is 0 Å². The van der Waals surface area contributed by atoms with Gasteiger partial charge in [0, 0.05) is 6.54 Å². The van der Waals surface area contributed by atoms with Crippen LogP contribution in [0.3, 0.4) is 0 Å². The molecule has 0 aromatic rings. The minimum Gasteiger partial charge on any atom is -0.288 e. The van der Waals surface area contributed by atoms with Crippen LogP contribution in [0.2, 0.25) is 0 Å². The zero-order valence-electron chi connectivity index (χ0n) is 5.64. The minimum atomic E-state index is 0.857. The van der Waals surface area contributed by atoms with E-state index in [2.05, 4.69) is 6.92 Å². The fourth-order valence-electron chi connectivity index (χ4n) is 0.566. The van der Waals surface area contributed by atoms with E-state index < -0.39 is 0 Å². The van der Waals surface area contributed by atoms with Crippen molar-refractivity contribution in [1.82, 2.24) is 3.11 Å². The van der Waals surface area contributed by atoms with Crippen LogP contribution in [0.1, 0.15) is 26.2 Å². The van der Waals surface area contributed by atoms with Gasteiger partial charge in [0.15, 0.2) is 0 Å². The third-order valence-electron chi connectivity index (χ3n) is 1.09. The van der Waals surface area contributed by atoms with Crippen molar-refractivity contribution >= 4 is 29.3 Å². The van der Waals surface area contributed by atoms with Crippen LogP contribution in [-0.4, -0.2) is 16.1 Å². The Bertz CT molecular complexity index is 77.5. The summed E-state index contributed by atoms with van der Waals surface area (Å²) in [5.41, 5.74) is 0. The number of hydrogen-bond donors (Lipinski definition) is 0. The van der Waals surface area contributed by atoms with Crippen LogP contribution < -0.4 is 0 Å². The molecule has 0 saturated heterocycles. The van der Waals surface area contributed by atoms with Crippen LogP contribution in [-0.2, 0) is 4.79 Å². The fraction of sp³-hybridized carbons (Fsp3) is 0.833. The number of hydrogen-bond acceptors (Lipinski definition) is 1. The van der Waals surface area contributed by atoms with E-state index in [1.54, 1.807) is 3.11 Å². The van der Waals surface area contributed by atoms with E-state index in [1.165, 1.54) is 12.8 Å². The van der Waals surface area contributed by atoms with Gasteiger partial charge in [0.2, 0.25) is 6.41 Å². The van der Waals surface area contributed by atoms with Crippen molar-refractivity contribution in [2.45, 2.75) is 26.2 Å². The van der Waals surface area contributed by atoms with E-state index >= 15 is 0 Å². The summed E-state index contributed by atoms with van der Waals surface area (Å²) in [6.45, 7) is 3.04. The standard InChI is InChI=1S/C6H12INO/c1-2-3-4-5-8(7)6-9/h6H,2-5H2,1H3. The van der Waals surface area contributed by atoms with E-state index in [4.69, 9.17) is 0 Å². The average Bonchev–Trinajstić information content (AvgIpc) is 1.89. The molecular formula is C6H12INO. The molecule has 0 fully saturated rings. The van der Waals surface area contributed by atoms with Gasteiger partial charge in [-0.3, -0.25) is 7.91 Å². The highest BCUT2D eigenvalue weighted by Crippen LogP contribution is 1.99. The Kier molecular flexibility index (Phi) is 6.46. The Balaban J connectivity index is 2.96. The van der Waals surface area contributed by atoms with Crippen molar-refractivity contribution in [3.8, 4) is 0 Å². The van der Waals surface area contributed by atoms with Gasteiger partial charge in [0.1, 0.15) is 0 Å². The number of nitrogens with zero attached hydrogens (tertiary/aromatic N) is 1. The largest absolute Gasteiger partial charge is 0.288 e. The molecule has 0 rings (SSSR count). The molecule has 0 saturated carbocycles. The zero-order valence-corrected chi connectivity index (χ0v) is 7.80. The molecule has 0 heterocycles. The topological polar surface area (TPSA) is 20.3 Å². The summed E-state index contributed by atoms with van der Waals surface area (Å²) in [5, 5.41) is 0. The second-order valence-corrected chi connectivity index (χ2v) is 3.18. The van der Waals surface area contributed by atoms with E-state index in [-0.39, 0.29) is 0 Å². The minimum absolute atomic E-state index is 0.857. The van der Waals surface area contributed by atoms with Crippen molar-refractivity contribution < 1.29 is 4.79 Å². The molecular weight excluding hydrogens is 229 g/mol. The Labute approximate surface area is 70.1 Å². The monoisotopic (exact) mass is 241 g/mol. The Morgan fingerprint density at radius 3 is 2.67 bits per heavy atom. The Morgan fingerprint density at radius 1 is 1.56 bits per heavy atom. The quantitative estimate of drug-likeness (QED) is 0.312. The molecule has 1 amide bonds. The molecule has 0 bridgehead atoms. The normalized spacial score (nSPS) is 9.11. The molecule has 0 aliphatic rings. The molecule has 0 aromatic carbocycles. The molecule has 0 aliphatic carbocycles. The molecule has 0 spiro atoms. The first-order valence-electron chi connectivity index (χ1n) is 3.19. The van der Waals surface area contributed by atoms with Gasteiger partial charge in [0.05, 0.1) is 22.9 Å². The maximum absolute atomic E-state index is 10.0. The van der Waals surface area contributed by atoms with Crippen molar-refractivity contribution in [3.05, 3.63) is 0 Å². The van der Waals surface area contributed by atoms with E-state index in [0.29, 0.717) is 0 Å². The van der Waals surface area contributed by atoms with Crippen LogP contribution in [0.5, 0.6) is 0 Å². The summed E-state index contributed by atoms with van der Waals surface area (Å²) in [5.74, 6) is 0. The second kappa shape index (κ2) is 6.32. The Morgan fingerprint density at radius 2 is 2.22 bits per heavy atom. The lowest BCUT2D eigenvalue weighted by molar-refractivity contribution is -0.113. The molecule has 0 N–H and O–H groups in total. The summed E-state index contributed by atoms with van der Waals surface area (Å²) in [7, 11) is 0. The first-order valence-corrected chi connectivity index (χ1v) is 4.15. The smallest absolute Gasteiger partial charge is 0.218 e. The van der Waals surface area contributed by atoms with Crippen LogP contribution >= 0.6 is 22.9 Å². The van der Waals surface area contributed by atoms with Crippen LogP contribution in [0, 0.1) is 0 Å². The first kappa shape index (κ1) is 9.20. The van der Waals surface area contributed by atoms with Gasteiger partial charge >= 0.3 is 0 Å². The summed E-state index contributed by atoms with van der Waals surface area (Å²) in [4.78, 5) is 10.0. The van der Waals surface area contributed by atoms with Gasteiger partial charge in [-0.05, 0) is 6.42 Å². The molecule has 0 radical (unpaired) electrons. The molecule has 2 nitrogen and oxygen atoms in total. The number of unbranched alkanes of at least 4 members (excludes halogenated alkanes) is 2. The predicted molar refractivity (Wildman–Crippen MR) is 46.3 cm³/mol. The van der Waals surface area contributed by atoms with Gasteiger partial charge in [-0.25, -0.2) is 0 Å². The number of rotatable bonds is 5. The second-order valence-electron chi connectivity index (χ2n) is 1.94. The van der Waals surface area contributed by atoms with Crippen molar-refractivity contribution in [2.24, 2.45) is 0 Å². The molecule has 0 unspecified atom stereocenters. The number of amides is 1. The summed E-state index contributed by atoms with van der Waals surface area (Å²) >= 11 is 2.01. The lowest BCUT2D eigenvalue weighted by Crippen LogP contribution is -2.09. The first-order chi connectivity index (χ1) is 4.31. The molecule has 0 atom stereocenters. The van der Waals surface area contributed by atoms with Crippen molar-refractivity contribution in [2.75, 3.05) is 6.54 Å². The fourth-order valence-corrected chi connectivity index (χ4v) is 0.907. The predicted octanol–water partition coefficient (Wildman–Crippen LogP) is 1.99. The van der Waals surface area contributed by atoms with Gasteiger partial charge in [-0.1, -0.05) is 19.8 Å². The van der Waals surface area contributed by atoms with Crippen LogP contribution in [0.4, 0.5) is 0 Å². The highest BCUT2D eigenvalue weighted by molar-refractivity contribution is 14.1. The number of halogens is 1. The zero-order chi connectivity index (χ0) is 7.11. The maximum Gasteiger partial charge on any atom is 0.218 e. The average molecular weight is 241 g/mol. The van der Waals surface area contributed by atoms with Crippen LogP contribution in [0.15, 0.2) is 0 Å². The number of carbonyl (C=O) groups excluding carboxylic acids is 1. The summed E-state index contributed by atoms with van der Waals surface area (Å²) in [6.07, 6.45) is 4.41. The molecule has 9 heavy (non-hydrogen) atoms.